The highest BCUT2D eigenvalue weighted by molar-refractivity contribution is 5.76. The lowest BCUT2D eigenvalue weighted by Crippen LogP contribution is -2.60. The Kier molecular flexibility index (Phi) is 43.6. The van der Waals surface area contributed by atoms with Crippen LogP contribution < -0.4 is 5.32 Å². The first-order valence-electron chi connectivity index (χ1n) is 27.7. The topological polar surface area (TPSA) is 149 Å². The van der Waals surface area contributed by atoms with E-state index in [2.05, 4.69) is 43.5 Å². The number of amides is 1. The monoisotopic (exact) mass is 920 g/mol. The summed E-state index contributed by atoms with van der Waals surface area (Å²) < 4.78 is 11.2. The molecule has 7 atom stereocenters. The van der Waals surface area contributed by atoms with Crippen LogP contribution in [0.4, 0.5) is 0 Å². The molecule has 1 saturated heterocycles. The molecule has 9 nitrogen and oxygen atoms in total. The van der Waals surface area contributed by atoms with Crippen molar-refractivity contribution in [3.05, 3.63) is 36.5 Å². The summed E-state index contributed by atoms with van der Waals surface area (Å²) in [7, 11) is 0. The van der Waals surface area contributed by atoms with E-state index >= 15 is 0 Å². The number of allylic oxidation sites excluding steroid dienone is 5. The first kappa shape index (κ1) is 61.4. The number of aliphatic hydroxyl groups is 5. The normalized spacial score (nSPS) is 20.1. The second kappa shape index (κ2) is 46.2. The average molecular weight is 920 g/mol. The van der Waals surface area contributed by atoms with E-state index in [1.165, 1.54) is 180 Å². The van der Waals surface area contributed by atoms with Gasteiger partial charge in [-0.25, -0.2) is 0 Å². The number of carbonyl (C=O) groups excluding carboxylic acids is 1. The van der Waals surface area contributed by atoms with Crippen LogP contribution in [-0.4, -0.2) is 87.5 Å². The number of hydrogen-bond acceptors (Lipinski definition) is 8. The number of aliphatic hydroxyl groups excluding tert-OH is 5. The van der Waals surface area contributed by atoms with Crippen LogP contribution in [0, 0.1) is 0 Å². The van der Waals surface area contributed by atoms with Gasteiger partial charge in [0.05, 0.1) is 25.4 Å². The summed E-state index contributed by atoms with van der Waals surface area (Å²) in [6.45, 7) is 3.75. The van der Waals surface area contributed by atoms with E-state index in [9.17, 15) is 30.3 Å². The number of unbranched alkanes of at least 4 members (excludes halogenated alkanes) is 33. The molecule has 0 saturated carbocycles. The third-order valence-corrected chi connectivity index (χ3v) is 13.2. The van der Waals surface area contributed by atoms with Crippen molar-refractivity contribution in [2.24, 2.45) is 0 Å². The predicted octanol–water partition coefficient (Wildman–Crippen LogP) is 13.2. The highest BCUT2D eigenvalue weighted by atomic mass is 16.7. The lowest BCUT2D eigenvalue weighted by atomic mass is 9.99. The molecule has 1 amide bonds. The Morgan fingerprint density at radius 3 is 1.31 bits per heavy atom. The molecule has 1 aliphatic heterocycles. The van der Waals surface area contributed by atoms with Crippen LogP contribution in [0.1, 0.15) is 258 Å². The maximum absolute atomic E-state index is 13.0. The lowest BCUT2D eigenvalue weighted by Gasteiger charge is -2.40. The second-order valence-corrected chi connectivity index (χ2v) is 19.4. The zero-order valence-corrected chi connectivity index (χ0v) is 42.3. The van der Waals surface area contributed by atoms with Crippen LogP contribution in [0.3, 0.4) is 0 Å². The average Bonchev–Trinajstić information content (AvgIpc) is 3.31. The van der Waals surface area contributed by atoms with Crippen molar-refractivity contribution in [1.29, 1.82) is 0 Å². The molecule has 0 aromatic heterocycles. The number of rotatable bonds is 47. The van der Waals surface area contributed by atoms with Crippen molar-refractivity contribution in [1.82, 2.24) is 5.32 Å². The Hall–Kier alpha value is -1.59. The molecule has 0 bridgehead atoms. The van der Waals surface area contributed by atoms with Crippen molar-refractivity contribution in [2.75, 3.05) is 13.2 Å². The molecular formula is C56H105NO8. The zero-order valence-electron chi connectivity index (χ0n) is 42.3. The van der Waals surface area contributed by atoms with E-state index in [0.29, 0.717) is 6.42 Å². The first-order valence-corrected chi connectivity index (χ1v) is 27.7. The van der Waals surface area contributed by atoms with E-state index in [-0.39, 0.29) is 12.5 Å². The van der Waals surface area contributed by atoms with Crippen LogP contribution in [0.2, 0.25) is 0 Å². The molecule has 6 N–H and O–H groups in total. The van der Waals surface area contributed by atoms with Crippen molar-refractivity contribution in [3.63, 3.8) is 0 Å². The summed E-state index contributed by atoms with van der Waals surface area (Å²) in [5, 5.41) is 54.3. The molecule has 1 heterocycles. The molecule has 382 valence electrons. The van der Waals surface area contributed by atoms with Crippen LogP contribution in [-0.2, 0) is 14.3 Å². The minimum atomic E-state index is -1.57. The Bertz CT molecular complexity index is 1110. The van der Waals surface area contributed by atoms with Gasteiger partial charge in [0.25, 0.3) is 0 Å². The molecule has 1 aliphatic rings. The number of carbonyl (C=O) groups is 1. The number of ether oxygens (including phenoxy) is 2. The molecule has 0 aromatic rings. The Balaban J connectivity index is 2.21. The molecule has 0 aromatic carbocycles. The molecular weight excluding hydrogens is 815 g/mol. The van der Waals surface area contributed by atoms with Crippen molar-refractivity contribution in [2.45, 2.75) is 301 Å². The van der Waals surface area contributed by atoms with E-state index < -0.39 is 49.5 Å². The first-order chi connectivity index (χ1) is 31.8. The minimum Gasteiger partial charge on any atom is -0.394 e. The Morgan fingerprint density at radius 2 is 0.877 bits per heavy atom. The summed E-state index contributed by atoms with van der Waals surface area (Å²) in [6.07, 6.45) is 52.3. The summed E-state index contributed by atoms with van der Waals surface area (Å²) in [4.78, 5) is 13.0. The van der Waals surface area contributed by atoms with Gasteiger partial charge in [0.1, 0.15) is 24.4 Å². The van der Waals surface area contributed by atoms with Crippen LogP contribution in [0.25, 0.3) is 0 Å². The fourth-order valence-corrected chi connectivity index (χ4v) is 8.76. The van der Waals surface area contributed by atoms with Gasteiger partial charge >= 0.3 is 0 Å². The molecule has 65 heavy (non-hydrogen) atoms. The van der Waals surface area contributed by atoms with E-state index in [0.717, 1.165) is 57.8 Å². The lowest BCUT2D eigenvalue weighted by molar-refractivity contribution is -0.302. The minimum absolute atomic E-state index is 0.195. The largest absolute Gasteiger partial charge is 0.394 e. The van der Waals surface area contributed by atoms with Gasteiger partial charge in [-0.05, 0) is 57.8 Å². The molecule has 0 spiro atoms. The number of nitrogens with one attached hydrogen (secondary N) is 1. The molecule has 1 fully saturated rings. The van der Waals surface area contributed by atoms with Gasteiger partial charge in [0.15, 0.2) is 6.29 Å². The van der Waals surface area contributed by atoms with Crippen LogP contribution >= 0.6 is 0 Å². The summed E-state index contributed by atoms with van der Waals surface area (Å²) in [6, 6.07) is -0.825. The zero-order chi connectivity index (χ0) is 47.3. The molecule has 0 aliphatic carbocycles. The van der Waals surface area contributed by atoms with Gasteiger partial charge in [-0.2, -0.15) is 0 Å². The highest BCUT2D eigenvalue weighted by Crippen LogP contribution is 2.23. The standard InChI is InChI=1S/C56H105NO8/c1-3-5-7-9-11-13-15-17-18-19-20-21-22-23-24-25-26-27-28-29-30-31-32-34-35-37-39-41-43-45-50(59)49(48-64-56-55(63)54(62)53(61)51(47-58)65-56)57-52(60)46-44-42-40-38-36-33-16-14-12-10-8-6-4-2/h14,16,35,37,43,45,49-51,53-56,58-59,61-63H,3-13,15,17-34,36,38-42,44,46-48H2,1-2H3,(H,57,60)/b16-14-,37-35+,45-43+. The smallest absolute Gasteiger partial charge is 0.220 e. The van der Waals surface area contributed by atoms with Gasteiger partial charge in [-0.15, -0.1) is 0 Å². The van der Waals surface area contributed by atoms with Gasteiger partial charge in [0, 0.05) is 6.42 Å². The van der Waals surface area contributed by atoms with Gasteiger partial charge in [-0.1, -0.05) is 230 Å². The molecule has 0 radical (unpaired) electrons. The Morgan fingerprint density at radius 1 is 0.508 bits per heavy atom. The van der Waals surface area contributed by atoms with Crippen molar-refractivity contribution in [3.8, 4) is 0 Å². The van der Waals surface area contributed by atoms with Gasteiger partial charge in [0.2, 0.25) is 5.91 Å². The quantitative estimate of drug-likeness (QED) is 0.0261. The van der Waals surface area contributed by atoms with E-state index in [4.69, 9.17) is 9.47 Å². The summed E-state index contributed by atoms with van der Waals surface area (Å²) >= 11 is 0. The maximum atomic E-state index is 13.0. The van der Waals surface area contributed by atoms with Crippen molar-refractivity contribution < 1.29 is 39.8 Å². The molecule has 9 heteroatoms. The fourth-order valence-electron chi connectivity index (χ4n) is 8.76. The summed E-state index contributed by atoms with van der Waals surface area (Å²) in [5.74, 6) is -0.195. The molecule has 7 unspecified atom stereocenters. The SMILES string of the molecule is CCCCCC/C=C\CCCCCCCC(=O)NC(COC1OC(CO)C(O)C(O)C1O)C(O)/C=C/CC/C=C/CCCCCCCCCCCCCCCCCCCCCCCCC. The Labute approximate surface area is 400 Å². The maximum Gasteiger partial charge on any atom is 0.220 e. The van der Waals surface area contributed by atoms with Crippen LogP contribution in [0.15, 0.2) is 36.5 Å². The third-order valence-electron chi connectivity index (χ3n) is 13.2. The third kappa shape index (κ3) is 36.1. The van der Waals surface area contributed by atoms with E-state index in [1.54, 1.807) is 6.08 Å². The predicted molar refractivity (Wildman–Crippen MR) is 272 cm³/mol. The van der Waals surface area contributed by atoms with Gasteiger partial charge in [-0.3, -0.25) is 4.79 Å². The number of hydrogen-bond donors (Lipinski definition) is 6. The molecule has 1 rings (SSSR count). The van der Waals surface area contributed by atoms with E-state index in [1.807, 2.05) is 6.08 Å². The van der Waals surface area contributed by atoms with Crippen molar-refractivity contribution >= 4 is 5.91 Å². The second-order valence-electron chi connectivity index (χ2n) is 19.4. The van der Waals surface area contributed by atoms with Gasteiger partial charge < -0.3 is 40.3 Å². The fraction of sp³-hybridized carbons (Fsp3) is 0.875. The summed E-state index contributed by atoms with van der Waals surface area (Å²) in [5.41, 5.74) is 0. The van der Waals surface area contributed by atoms with Crippen LogP contribution in [0.5, 0.6) is 0 Å². The highest BCUT2D eigenvalue weighted by Gasteiger charge is 2.44.